The molecule has 0 aliphatic carbocycles. The van der Waals surface area contributed by atoms with Gasteiger partial charge in [0.1, 0.15) is 19.3 Å². The fraction of sp³-hybridized carbons (Fsp3) is 0.942. The summed E-state index contributed by atoms with van der Waals surface area (Å²) in [4.78, 5) is 72.5. The van der Waals surface area contributed by atoms with E-state index in [2.05, 4.69) is 55.4 Å². The monoisotopic (exact) mass is 1300 g/mol. The molecule has 0 aliphatic rings. The highest BCUT2D eigenvalue weighted by atomic mass is 31.2. The Bertz CT molecular complexity index is 1750. The molecule has 0 aromatic heterocycles. The largest absolute Gasteiger partial charge is 0.472 e. The fourth-order valence-electron chi connectivity index (χ4n) is 10.2. The van der Waals surface area contributed by atoms with Crippen LogP contribution in [-0.2, 0) is 65.4 Å². The summed E-state index contributed by atoms with van der Waals surface area (Å²) in [5.74, 6) is 0.873. The second-order valence-corrected chi connectivity index (χ2v) is 29.3. The van der Waals surface area contributed by atoms with E-state index >= 15 is 0 Å². The highest BCUT2D eigenvalue weighted by Crippen LogP contribution is 2.45. The number of carbonyl (C=O) groups excluding carboxylic acids is 4. The number of hydrogen-bond acceptors (Lipinski definition) is 15. The molecular weight excluding hydrogens is 1160 g/mol. The first kappa shape index (κ1) is 86.1. The Hall–Kier alpha value is -1.94. The lowest BCUT2D eigenvalue weighted by atomic mass is 9.99. The molecule has 0 bridgehead atoms. The summed E-state index contributed by atoms with van der Waals surface area (Å²) >= 11 is 0. The van der Waals surface area contributed by atoms with Crippen molar-refractivity contribution in [1.29, 1.82) is 0 Å². The van der Waals surface area contributed by atoms with Gasteiger partial charge >= 0.3 is 39.5 Å². The molecule has 0 aromatic rings. The molecule has 0 spiro atoms. The van der Waals surface area contributed by atoms with E-state index in [1.54, 1.807) is 0 Å². The first-order valence-electron chi connectivity index (χ1n) is 35.8. The highest BCUT2D eigenvalue weighted by Gasteiger charge is 2.30. The minimum absolute atomic E-state index is 0.101. The van der Waals surface area contributed by atoms with Crippen molar-refractivity contribution < 1.29 is 80.2 Å². The van der Waals surface area contributed by atoms with Gasteiger partial charge in [-0.2, -0.15) is 0 Å². The number of ether oxygens (including phenoxy) is 4. The van der Waals surface area contributed by atoms with Gasteiger partial charge in [-0.25, -0.2) is 9.13 Å². The topological polar surface area (TPSA) is 237 Å². The number of carbonyl (C=O) groups is 4. The molecule has 0 amide bonds. The molecular formula is C69H134O17P2. The summed E-state index contributed by atoms with van der Waals surface area (Å²) < 4.78 is 68.2. The molecule has 17 nitrogen and oxygen atoms in total. The van der Waals surface area contributed by atoms with Crippen molar-refractivity contribution in [3.05, 3.63) is 0 Å². The van der Waals surface area contributed by atoms with Crippen LogP contribution in [0.15, 0.2) is 0 Å². The van der Waals surface area contributed by atoms with E-state index in [1.807, 2.05) is 0 Å². The molecule has 19 heteroatoms. The Morgan fingerprint density at radius 1 is 0.318 bits per heavy atom. The second kappa shape index (κ2) is 58.8. The average Bonchev–Trinajstić information content (AvgIpc) is 3.69. The summed E-state index contributed by atoms with van der Waals surface area (Å²) in [5.41, 5.74) is 0. The van der Waals surface area contributed by atoms with Gasteiger partial charge in [0.2, 0.25) is 0 Å². The zero-order chi connectivity index (χ0) is 65.4. The van der Waals surface area contributed by atoms with E-state index in [1.165, 1.54) is 141 Å². The standard InChI is InChI=1S/C69H134O17P2/c1-9-61(7)47-39-31-22-15-11-13-17-24-33-41-49-66(71)79-55-64(85-68(73)51-43-35-26-18-14-12-16-23-32-40-48-62(8)10-2)57-83-87(75,76)81-53-63(70)54-82-88(77,78)84-58-65(86-69(74)52-44-36-28-27-30-38-46-60(5)6)56-80-67(72)50-42-34-25-20-19-21-29-37-45-59(3)4/h59-65,70H,9-58H2,1-8H3,(H,75,76)(H,77,78)/t61?,62?,63?,64-,65-/m1/s1. The van der Waals surface area contributed by atoms with Crippen LogP contribution in [0.5, 0.6) is 0 Å². The van der Waals surface area contributed by atoms with Crippen LogP contribution in [0.25, 0.3) is 0 Å². The van der Waals surface area contributed by atoms with Crippen molar-refractivity contribution in [2.24, 2.45) is 23.7 Å². The second-order valence-electron chi connectivity index (χ2n) is 26.4. The SMILES string of the molecule is CCC(C)CCCCCCCCCCCCC(=O)OC[C@H](COP(=O)(O)OCC(O)COP(=O)(O)OC[C@@H](COC(=O)CCCCCCCCCCC(C)C)OC(=O)CCCCCCCCC(C)C)OC(=O)CCCCCCCCCCCCC(C)CC. The van der Waals surface area contributed by atoms with Crippen LogP contribution in [0.2, 0.25) is 0 Å². The highest BCUT2D eigenvalue weighted by molar-refractivity contribution is 7.47. The van der Waals surface area contributed by atoms with Crippen LogP contribution in [0.4, 0.5) is 0 Å². The van der Waals surface area contributed by atoms with Crippen LogP contribution < -0.4 is 0 Å². The maximum absolute atomic E-state index is 13.0. The molecule has 88 heavy (non-hydrogen) atoms. The average molecular weight is 1300 g/mol. The van der Waals surface area contributed by atoms with Gasteiger partial charge < -0.3 is 33.8 Å². The van der Waals surface area contributed by atoms with Gasteiger partial charge in [0.05, 0.1) is 26.4 Å². The molecule has 0 fully saturated rings. The van der Waals surface area contributed by atoms with E-state index in [9.17, 15) is 43.2 Å². The van der Waals surface area contributed by atoms with Crippen molar-refractivity contribution >= 4 is 39.5 Å². The Morgan fingerprint density at radius 2 is 0.545 bits per heavy atom. The number of aliphatic hydroxyl groups excluding tert-OH is 1. The van der Waals surface area contributed by atoms with E-state index in [4.69, 9.17) is 37.0 Å². The minimum Gasteiger partial charge on any atom is -0.462 e. The van der Waals surface area contributed by atoms with Crippen molar-refractivity contribution in [2.45, 2.75) is 356 Å². The molecule has 0 saturated heterocycles. The summed E-state index contributed by atoms with van der Waals surface area (Å²) in [6, 6.07) is 0. The third-order valence-corrected chi connectivity index (χ3v) is 18.4. The predicted molar refractivity (Wildman–Crippen MR) is 354 cm³/mol. The molecule has 0 aliphatic heterocycles. The first-order chi connectivity index (χ1) is 42.2. The molecule has 522 valence electrons. The molecule has 7 atom stereocenters. The number of phosphoric acid groups is 2. The summed E-state index contributed by atoms with van der Waals surface area (Å²) in [6.07, 6.45) is 40.3. The predicted octanol–water partition coefficient (Wildman–Crippen LogP) is 19.3. The Morgan fingerprint density at radius 3 is 0.807 bits per heavy atom. The molecule has 0 saturated carbocycles. The smallest absolute Gasteiger partial charge is 0.462 e. The van der Waals surface area contributed by atoms with Crippen molar-refractivity contribution in [2.75, 3.05) is 39.6 Å². The molecule has 5 unspecified atom stereocenters. The van der Waals surface area contributed by atoms with Crippen molar-refractivity contribution in [3.8, 4) is 0 Å². The summed E-state index contributed by atoms with van der Waals surface area (Å²) in [5, 5.41) is 10.6. The van der Waals surface area contributed by atoms with E-state index in [0.717, 1.165) is 108 Å². The Kier molecular flexibility index (Phi) is 57.6. The number of rotatable bonds is 66. The molecule has 0 aromatic carbocycles. The van der Waals surface area contributed by atoms with Gasteiger partial charge in [-0.1, -0.05) is 287 Å². The number of phosphoric ester groups is 2. The van der Waals surface area contributed by atoms with E-state index in [0.29, 0.717) is 31.6 Å². The zero-order valence-corrected chi connectivity index (χ0v) is 59.1. The number of esters is 4. The van der Waals surface area contributed by atoms with Crippen LogP contribution in [-0.4, -0.2) is 96.7 Å². The molecule has 0 radical (unpaired) electrons. The third kappa shape index (κ3) is 60.3. The van der Waals surface area contributed by atoms with Gasteiger partial charge in [0, 0.05) is 25.7 Å². The summed E-state index contributed by atoms with van der Waals surface area (Å²) in [7, 11) is -9.90. The molecule has 0 rings (SSSR count). The number of unbranched alkanes of at least 4 members (excludes halogenated alkanes) is 30. The van der Waals surface area contributed by atoms with Gasteiger partial charge in [-0.15, -0.1) is 0 Å². The van der Waals surface area contributed by atoms with Crippen molar-refractivity contribution in [1.82, 2.24) is 0 Å². The molecule has 0 heterocycles. The van der Waals surface area contributed by atoms with Gasteiger partial charge in [-0.05, 0) is 49.4 Å². The maximum atomic E-state index is 13.0. The summed E-state index contributed by atoms with van der Waals surface area (Å²) in [6.45, 7) is 14.1. The van der Waals surface area contributed by atoms with Gasteiger partial charge in [0.15, 0.2) is 12.2 Å². The zero-order valence-electron chi connectivity index (χ0n) is 57.3. The lowest BCUT2D eigenvalue weighted by molar-refractivity contribution is -0.161. The van der Waals surface area contributed by atoms with Crippen LogP contribution >= 0.6 is 15.6 Å². The van der Waals surface area contributed by atoms with Gasteiger partial charge in [0.25, 0.3) is 0 Å². The number of aliphatic hydroxyl groups is 1. The lowest BCUT2D eigenvalue weighted by Crippen LogP contribution is -2.30. The third-order valence-electron chi connectivity index (χ3n) is 16.5. The van der Waals surface area contributed by atoms with Crippen LogP contribution in [0, 0.1) is 23.7 Å². The quantitative estimate of drug-likeness (QED) is 0.0222. The maximum Gasteiger partial charge on any atom is 0.472 e. The molecule has 3 N–H and O–H groups in total. The first-order valence-corrected chi connectivity index (χ1v) is 38.8. The van der Waals surface area contributed by atoms with Crippen LogP contribution in [0.1, 0.15) is 338 Å². The fourth-order valence-corrected chi connectivity index (χ4v) is 11.8. The van der Waals surface area contributed by atoms with E-state index in [-0.39, 0.29) is 25.7 Å². The van der Waals surface area contributed by atoms with E-state index < -0.39 is 97.5 Å². The Balaban J connectivity index is 5.25. The van der Waals surface area contributed by atoms with Crippen LogP contribution in [0.3, 0.4) is 0 Å². The number of hydrogen-bond donors (Lipinski definition) is 3. The lowest BCUT2D eigenvalue weighted by Gasteiger charge is -2.21. The van der Waals surface area contributed by atoms with Gasteiger partial charge in [-0.3, -0.25) is 37.3 Å². The normalized spacial score (nSPS) is 14.9. The van der Waals surface area contributed by atoms with Crippen molar-refractivity contribution in [3.63, 3.8) is 0 Å². The minimum atomic E-state index is -4.95. The Labute approximate surface area is 537 Å².